The van der Waals surface area contributed by atoms with E-state index in [0.717, 1.165) is 107 Å². The highest BCUT2D eigenvalue weighted by molar-refractivity contribution is 5.84. The lowest BCUT2D eigenvalue weighted by Gasteiger charge is -2.23. The third-order valence-electron chi connectivity index (χ3n) is 7.39. The van der Waals surface area contributed by atoms with E-state index in [-0.39, 0.29) is 11.3 Å². The van der Waals surface area contributed by atoms with E-state index in [4.69, 9.17) is 10.5 Å². The number of H-pyrrole nitrogens is 1. The van der Waals surface area contributed by atoms with Gasteiger partial charge in [-0.2, -0.15) is 4.98 Å². The third-order valence-corrected chi connectivity index (χ3v) is 7.39. The van der Waals surface area contributed by atoms with E-state index in [9.17, 15) is 14.7 Å². The topological polar surface area (TPSA) is 172 Å². The first-order valence-corrected chi connectivity index (χ1v) is 16.3. The zero-order valence-electron chi connectivity index (χ0n) is 27.1. The summed E-state index contributed by atoms with van der Waals surface area (Å²) in [5.74, 6) is 0.300. The van der Waals surface area contributed by atoms with Crippen LogP contribution in [0.2, 0.25) is 0 Å². The molecule has 2 heterocycles. The maximum Gasteiger partial charge on any atom is 0.349 e. The predicted molar refractivity (Wildman–Crippen MR) is 177 cm³/mol. The van der Waals surface area contributed by atoms with Crippen molar-refractivity contribution < 1.29 is 9.84 Å². The summed E-state index contributed by atoms with van der Waals surface area (Å²) >= 11 is 0. The quantitative estimate of drug-likeness (QED) is 0.0595. The number of aryl methyl sites for hydroxylation is 2. The van der Waals surface area contributed by atoms with E-state index >= 15 is 0 Å². The molecule has 0 aromatic heterocycles. The first-order chi connectivity index (χ1) is 21.1. The molecule has 1 unspecified atom stereocenters. The molecule has 0 saturated carbocycles. The van der Waals surface area contributed by atoms with Crippen molar-refractivity contribution >= 4 is 16.7 Å². The fourth-order valence-corrected chi connectivity index (χ4v) is 5.19. The van der Waals surface area contributed by atoms with Gasteiger partial charge in [0.15, 0.2) is 17.8 Å². The zero-order chi connectivity index (χ0) is 32.0. The molecule has 0 radical (unpaired) electrons. The van der Waals surface area contributed by atoms with Gasteiger partial charge in [0.1, 0.15) is 0 Å². The summed E-state index contributed by atoms with van der Waals surface area (Å²) in [4.78, 5) is 35.8. The number of hydrogen-bond acceptors (Lipinski definition) is 10. The van der Waals surface area contributed by atoms with Crippen LogP contribution in [0.4, 0.5) is 5.69 Å². The van der Waals surface area contributed by atoms with Crippen LogP contribution in [0.1, 0.15) is 84.1 Å². The molecule has 44 heavy (non-hydrogen) atoms. The lowest BCUT2D eigenvalue weighted by Crippen LogP contribution is -2.29. The number of unbranched alkanes of at least 4 members (excludes halogenated alkanes) is 4. The van der Waals surface area contributed by atoms with Gasteiger partial charge in [-0.3, -0.25) is 9.78 Å². The van der Waals surface area contributed by atoms with Crippen molar-refractivity contribution in [3.8, 4) is 11.5 Å². The SMILES string of the molecule is Cc1cc2nc3c(=O)[nH]c(=O)nc-3n(CCCCCCC(O)OC(C)(C)C)c2cc1NCCCNCCCCNCCCN. The van der Waals surface area contributed by atoms with Crippen molar-refractivity contribution in [1.29, 1.82) is 0 Å². The van der Waals surface area contributed by atoms with E-state index in [1.54, 1.807) is 0 Å². The molecule has 0 bridgehead atoms. The molecular weight excluding hydrogens is 560 g/mol. The van der Waals surface area contributed by atoms with Crippen LogP contribution in [-0.2, 0) is 11.3 Å². The number of aromatic amines is 1. The molecule has 0 saturated heterocycles. The Morgan fingerprint density at radius 2 is 1.61 bits per heavy atom. The molecule has 0 amide bonds. The second kappa shape index (κ2) is 18.2. The number of nitrogens with zero attached hydrogens (tertiary/aromatic N) is 3. The van der Waals surface area contributed by atoms with Gasteiger partial charge in [-0.1, -0.05) is 12.8 Å². The highest BCUT2D eigenvalue weighted by Crippen LogP contribution is 2.27. The van der Waals surface area contributed by atoms with Gasteiger partial charge in [0.05, 0.1) is 16.6 Å². The van der Waals surface area contributed by atoms with Crippen LogP contribution < -0.4 is 32.9 Å². The molecule has 12 heteroatoms. The number of rotatable bonds is 21. The van der Waals surface area contributed by atoms with Gasteiger partial charge >= 0.3 is 5.69 Å². The Morgan fingerprint density at radius 1 is 0.932 bits per heavy atom. The minimum absolute atomic E-state index is 0.164. The zero-order valence-corrected chi connectivity index (χ0v) is 27.1. The largest absolute Gasteiger partial charge is 0.385 e. The van der Waals surface area contributed by atoms with Crippen LogP contribution in [0, 0.1) is 6.92 Å². The minimum Gasteiger partial charge on any atom is -0.385 e. The molecule has 2 aliphatic rings. The Kier molecular flexibility index (Phi) is 14.7. The number of aliphatic hydroxyl groups excluding tert-OH is 1. The summed E-state index contributed by atoms with van der Waals surface area (Å²) in [5, 5.41) is 20.6. The second-order valence-electron chi connectivity index (χ2n) is 12.5. The number of nitrogens with two attached hydrogens (primary N) is 1. The fraction of sp³-hybridized carbons (Fsp3) is 0.688. The number of aliphatic hydroxyl groups is 1. The molecule has 0 spiro atoms. The smallest absolute Gasteiger partial charge is 0.349 e. The van der Waals surface area contributed by atoms with E-state index < -0.39 is 17.5 Å². The summed E-state index contributed by atoms with van der Waals surface area (Å²) < 4.78 is 7.53. The van der Waals surface area contributed by atoms with Crippen molar-refractivity contribution in [1.82, 2.24) is 30.2 Å². The van der Waals surface area contributed by atoms with Gasteiger partial charge in [0, 0.05) is 18.8 Å². The van der Waals surface area contributed by atoms with Crippen molar-refractivity contribution in [3.63, 3.8) is 0 Å². The third kappa shape index (κ3) is 11.9. The maximum atomic E-state index is 12.6. The summed E-state index contributed by atoms with van der Waals surface area (Å²) in [6.07, 6.45) is 7.62. The Balaban J connectivity index is 1.59. The van der Waals surface area contributed by atoms with E-state index in [2.05, 4.69) is 37.0 Å². The van der Waals surface area contributed by atoms with Gasteiger partial charge in [0.25, 0.3) is 5.56 Å². The van der Waals surface area contributed by atoms with Gasteiger partial charge in [-0.25, -0.2) is 9.78 Å². The summed E-state index contributed by atoms with van der Waals surface area (Å²) in [6.45, 7) is 13.9. The van der Waals surface area contributed by atoms with Crippen LogP contribution >= 0.6 is 0 Å². The number of ether oxygens (including phenoxy) is 1. The van der Waals surface area contributed by atoms with Gasteiger partial charge in [0.2, 0.25) is 0 Å². The van der Waals surface area contributed by atoms with Crippen molar-refractivity contribution in [2.75, 3.05) is 44.6 Å². The lowest BCUT2D eigenvalue weighted by atomic mass is 10.1. The molecule has 1 atom stereocenters. The second-order valence-corrected chi connectivity index (χ2v) is 12.5. The molecule has 3 rings (SSSR count). The van der Waals surface area contributed by atoms with Crippen LogP contribution in [-0.4, -0.2) is 75.8 Å². The Labute approximate surface area is 260 Å². The fourth-order valence-electron chi connectivity index (χ4n) is 5.19. The van der Waals surface area contributed by atoms with Crippen LogP contribution in [0.15, 0.2) is 21.7 Å². The number of nitrogens with one attached hydrogen (secondary N) is 4. The van der Waals surface area contributed by atoms with Gasteiger partial charge in [-0.05, 0) is 123 Å². The molecule has 246 valence electrons. The molecule has 0 aliphatic carbocycles. The number of benzene rings is 1. The number of fused-ring (bicyclic) bond motifs is 2. The first kappa shape index (κ1) is 35.6. The summed E-state index contributed by atoms with van der Waals surface area (Å²) in [7, 11) is 0. The minimum atomic E-state index is -0.770. The summed E-state index contributed by atoms with van der Waals surface area (Å²) in [5.41, 5.74) is 7.64. The lowest BCUT2D eigenvalue weighted by molar-refractivity contribution is -0.168. The summed E-state index contributed by atoms with van der Waals surface area (Å²) in [6, 6.07) is 4.03. The van der Waals surface area contributed by atoms with Crippen LogP contribution in [0.25, 0.3) is 22.6 Å². The van der Waals surface area contributed by atoms with Crippen LogP contribution in [0.5, 0.6) is 0 Å². The maximum absolute atomic E-state index is 12.6. The molecule has 0 fully saturated rings. The van der Waals surface area contributed by atoms with Crippen molar-refractivity contribution in [2.24, 2.45) is 5.73 Å². The van der Waals surface area contributed by atoms with E-state index in [1.165, 1.54) is 0 Å². The molecular formula is C32H54N8O4. The standard InChI is InChI=1S/C32H54N8O4/c1-23-21-25-26(22-24(23)36-19-12-18-35-16-9-8-15-34-17-11-14-33)40(29-28(37-25)30(42)39-31(43)38-29)20-10-6-5-7-13-27(41)44-32(2,3)4/h21-22,27,34-36,41H,5-20,33H2,1-4H3,(H,39,42,43). The number of aromatic nitrogens is 4. The van der Waals surface area contributed by atoms with Crippen molar-refractivity contribution in [2.45, 2.75) is 104 Å². The van der Waals surface area contributed by atoms with Gasteiger partial charge in [-0.15, -0.1) is 0 Å². The monoisotopic (exact) mass is 614 g/mol. The molecule has 2 aliphatic heterocycles. The Bertz CT molecular complexity index is 1370. The highest BCUT2D eigenvalue weighted by Gasteiger charge is 2.20. The van der Waals surface area contributed by atoms with Crippen molar-refractivity contribution in [3.05, 3.63) is 38.5 Å². The predicted octanol–water partition coefficient (Wildman–Crippen LogP) is 3.09. The van der Waals surface area contributed by atoms with E-state index in [1.807, 2.05) is 38.3 Å². The number of hydrogen-bond donors (Lipinski definition) is 6. The average molecular weight is 615 g/mol. The number of anilines is 1. The average Bonchev–Trinajstić information content (AvgIpc) is 2.94. The molecule has 1 aromatic rings. The first-order valence-electron chi connectivity index (χ1n) is 16.3. The normalized spacial score (nSPS) is 12.8. The Hall–Kier alpha value is -2.90. The highest BCUT2D eigenvalue weighted by atomic mass is 16.6. The van der Waals surface area contributed by atoms with E-state index in [0.29, 0.717) is 24.3 Å². The molecule has 1 aromatic carbocycles. The Morgan fingerprint density at radius 3 is 2.32 bits per heavy atom. The van der Waals surface area contributed by atoms with Crippen LogP contribution in [0.3, 0.4) is 0 Å². The molecule has 12 nitrogen and oxygen atoms in total. The molecule has 7 N–H and O–H groups in total. The van der Waals surface area contributed by atoms with Gasteiger partial charge < -0.3 is 36.1 Å².